The maximum atomic E-state index is 10.8. The fourth-order valence-corrected chi connectivity index (χ4v) is 2.00. The van der Waals surface area contributed by atoms with Gasteiger partial charge in [-0.2, -0.15) is 0 Å². The molecule has 21 heavy (non-hydrogen) atoms. The van der Waals surface area contributed by atoms with Crippen LogP contribution in [-0.4, -0.2) is 29.4 Å². The van der Waals surface area contributed by atoms with Crippen molar-refractivity contribution in [2.75, 3.05) is 0 Å². The Balaban J connectivity index is 2.13. The van der Waals surface area contributed by atoms with Crippen LogP contribution in [0.4, 0.5) is 11.5 Å². The van der Waals surface area contributed by atoms with Crippen molar-refractivity contribution in [1.82, 2.24) is 19.5 Å². The molecular weight excluding hydrogens is 280 g/mol. The van der Waals surface area contributed by atoms with Crippen molar-refractivity contribution in [2.45, 2.75) is 0 Å². The predicted octanol–water partition coefficient (Wildman–Crippen LogP) is 1.78. The molecule has 2 heterocycles. The van der Waals surface area contributed by atoms with Crippen molar-refractivity contribution in [2.24, 2.45) is 7.05 Å². The van der Waals surface area contributed by atoms with Crippen LogP contribution >= 0.6 is 0 Å². The summed E-state index contributed by atoms with van der Waals surface area (Å²) in [6.45, 7) is 0. The first kappa shape index (κ1) is 12.7. The summed E-state index contributed by atoms with van der Waals surface area (Å²) in [5.74, 6) is 0.415. The van der Waals surface area contributed by atoms with Crippen LogP contribution in [0.2, 0.25) is 0 Å². The number of nitrogens with one attached hydrogen (secondary N) is 1. The van der Waals surface area contributed by atoms with Crippen LogP contribution in [0, 0.1) is 20.2 Å². The maximum absolute atomic E-state index is 10.8. The van der Waals surface area contributed by atoms with Crippen molar-refractivity contribution in [3.8, 4) is 11.6 Å². The number of H-pyrrole nitrogens is 1. The normalized spacial score (nSPS) is 10.9. The van der Waals surface area contributed by atoms with Crippen LogP contribution < -0.4 is 0 Å². The van der Waals surface area contributed by atoms with Crippen molar-refractivity contribution < 1.29 is 9.85 Å². The minimum Gasteiger partial charge on any atom is -0.358 e. The number of hydrogen-bond donors (Lipinski definition) is 1. The van der Waals surface area contributed by atoms with E-state index in [2.05, 4.69) is 15.0 Å². The molecule has 0 aliphatic heterocycles. The smallest absolute Gasteiger partial charge is 0.343 e. The summed E-state index contributed by atoms with van der Waals surface area (Å²) in [7, 11) is 1.50. The van der Waals surface area contributed by atoms with Gasteiger partial charge < -0.3 is 15.1 Å². The van der Waals surface area contributed by atoms with Crippen LogP contribution in [0.3, 0.4) is 0 Å². The summed E-state index contributed by atoms with van der Waals surface area (Å²) in [5.41, 5.74) is 0.900. The second-order valence-corrected chi connectivity index (χ2v) is 4.30. The van der Waals surface area contributed by atoms with Crippen LogP contribution in [0.5, 0.6) is 0 Å². The van der Waals surface area contributed by atoms with E-state index >= 15 is 0 Å². The third kappa shape index (κ3) is 1.98. The number of rotatable bonds is 3. The molecule has 0 saturated carbocycles. The SMILES string of the molecule is Cn1c([N+](=O)[O-])cnc1-c1nc2cc([N+](=O)[O-])ccc2[nH]1. The van der Waals surface area contributed by atoms with E-state index in [1.165, 1.54) is 29.8 Å². The average Bonchev–Trinajstić information content (AvgIpc) is 3.00. The fraction of sp³-hybridized carbons (Fsp3) is 0.0909. The Hall–Kier alpha value is -3.30. The number of non-ortho nitro benzene ring substituents is 1. The van der Waals surface area contributed by atoms with Crippen LogP contribution in [0.25, 0.3) is 22.7 Å². The number of nitro benzene ring substituents is 1. The lowest BCUT2D eigenvalue weighted by Crippen LogP contribution is -1.99. The van der Waals surface area contributed by atoms with Gasteiger partial charge in [0, 0.05) is 12.1 Å². The third-order valence-corrected chi connectivity index (χ3v) is 3.04. The highest BCUT2D eigenvalue weighted by atomic mass is 16.6. The van der Waals surface area contributed by atoms with E-state index in [1.54, 1.807) is 0 Å². The molecule has 0 radical (unpaired) electrons. The molecule has 0 atom stereocenters. The monoisotopic (exact) mass is 288 g/mol. The minimum absolute atomic E-state index is 0.0774. The molecule has 106 valence electrons. The van der Waals surface area contributed by atoms with Gasteiger partial charge in [-0.1, -0.05) is 0 Å². The summed E-state index contributed by atoms with van der Waals surface area (Å²) in [4.78, 5) is 31.5. The van der Waals surface area contributed by atoms with E-state index in [-0.39, 0.29) is 17.3 Å². The summed E-state index contributed by atoms with van der Waals surface area (Å²) >= 11 is 0. The van der Waals surface area contributed by atoms with Gasteiger partial charge in [0.05, 0.1) is 23.0 Å². The molecule has 0 fully saturated rings. The first-order valence-corrected chi connectivity index (χ1v) is 5.78. The Morgan fingerprint density at radius 2 is 2.00 bits per heavy atom. The number of hydrogen-bond acceptors (Lipinski definition) is 6. The molecule has 3 aromatic rings. The van der Waals surface area contributed by atoms with E-state index in [9.17, 15) is 20.2 Å². The topological polar surface area (TPSA) is 133 Å². The van der Waals surface area contributed by atoms with Crippen molar-refractivity contribution >= 4 is 22.5 Å². The van der Waals surface area contributed by atoms with Gasteiger partial charge in [0.25, 0.3) is 11.5 Å². The number of benzene rings is 1. The van der Waals surface area contributed by atoms with Crippen LogP contribution in [0.1, 0.15) is 0 Å². The zero-order chi connectivity index (χ0) is 15.1. The number of nitrogens with zero attached hydrogens (tertiary/aromatic N) is 5. The number of fused-ring (bicyclic) bond motifs is 1. The lowest BCUT2D eigenvalue weighted by atomic mass is 10.3. The fourth-order valence-electron chi connectivity index (χ4n) is 2.00. The van der Waals surface area contributed by atoms with Gasteiger partial charge in [0.2, 0.25) is 0 Å². The summed E-state index contributed by atoms with van der Waals surface area (Å²) in [5, 5.41) is 21.5. The van der Waals surface area contributed by atoms with Gasteiger partial charge in [0.15, 0.2) is 5.82 Å². The van der Waals surface area contributed by atoms with E-state index in [1.807, 2.05) is 0 Å². The van der Waals surface area contributed by atoms with Crippen LogP contribution in [0.15, 0.2) is 24.4 Å². The number of imidazole rings is 2. The molecule has 0 spiro atoms. The van der Waals surface area contributed by atoms with E-state index in [0.717, 1.165) is 6.20 Å². The van der Waals surface area contributed by atoms with E-state index in [4.69, 9.17) is 0 Å². The predicted molar refractivity (Wildman–Crippen MR) is 71.6 cm³/mol. The average molecular weight is 288 g/mol. The highest BCUT2D eigenvalue weighted by Gasteiger charge is 2.21. The number of aromatic nitrogens is 4. The van der Waals surface area contributed by atoms with Gasteiger partial charge in [-0.3, -0.25) is 10.1 Å². The second-order valence-electron chi connectivity index (χ2n) is 4.30. The molecule has 0 unspecified atom stereocenters. The number of nitro groups is 2. The van der Waals surface area contributed by atoms with Crippen molar-refractivity contribution in [3.05, 3.63) is 44.6 Å². The minimum atomic E-state index is -0.552. The first-order valence-electron chi connectivity index (χ1n) is 5.78. The molecule has 3 rings (SSSR count). The lowest BCUT2D eigenvalue weighted by molar-refractivity contribution is -0.391. The Labute approximate surface area is 116 Å². The molecular formula is C11H8N6O4. The van der Waals surface area contributed by atoms with Gasteiger partial charge in [-0.15, -0.1) is 0 Å². The van der Waals surface area contributed by atoms with E-state index in [0.29, 0.717) is 16.9 Å². The second kappa shape index (κ2) is 4.37. The molecule has 0 aliphatic carbocycles. The van der Waals surface area contributed by atoms with Crippen molar-refractivity contribution in [3.63, 3.8) is 0 Å². The quantitative estimate of drug-likeness (QED) is 0.576. The largest absolute Gasteiger partial charge is 0.358 e. The number of aromatic amines is 1. The molecule has 1 aromatic carbocycles. The molecule has 2 aromatic heterocycles. The van der Waals surface area contributed by atoms with Gasteiger partial charge >= 0.3 is 5.82 Å². The van der Waals surface area contributed by atoms with Gasteiger partial charge in [-0.25, -0.2) is 14.5 Å². The first-order chi connectivity index (χ1) is 9.97. The highest BCUT2D eigenvalue weighted by Crippen LogP contribution is 2.24. The lowest BCUT2D eigenvalue weighted by Gasteiger charge is -1.95. The zero-order valence-electron chi connectivity index (χ0n) is 10.7. The van der Waals surface area contributed by atoms with Crippen molar-refractivity contribution in [1.29, 1.82) is 0 Å². The summed E-state index contributed by atoms with van der Waals surface area (Å²) in [6.07, 6.45) is 1.13. The molecule has 0 amide bonds. The Bertz CT molecular complexity index is 880. The van der Waals surface area contributed by atoms with Gasteiger partial charge in [-0.05, 0) is 11.0 Å². The summed E-state index contributed by atoms with van der Waals surface area (Å²) < 4.78 is 1.28. The van der Waals surface area contributed by atoms with Gasteiger partial charge in [0.1, 0.15) is 6.20 Å². The molecule has 0 aliphatic rings. The Morgan fingerprint density at radius 3 is 2.62 bits per heavy atom. The maximum Gasteiger partial charge on any atom is 0.343 e. The Kier molecular flexibility index (Phi) is 2.65. The molecule has 0 saturated heterocycles. The van der Waals surface area contributed by atoms with Crippen LogP contribution in [-0.2, 0) is 7.05 Å². The molecule has 10 heteroatoms. The molecule has 0 bridgehead atoms. The molecule has 10 nitrogen and oxygen atoms in total. The standard InChI is InChI=1S/C11H8N6O4/c1-15-9(17(20)21)5-12-11(15)10-13-7-3-2-6(16(18)19)4-8(7)14-10/h2-5H,1H3,(H,13,14). The summed E-state index contributed by atoms with van der Waals surface area (Å²) in [6, 6.07) is 4.21. The zero-order valence-corrected chi connectivity index (χ0v) is 10.7. The molecule has 1 N–H and O–H groups in total. The van der Waals surface area contributed by atoms with E-state index < -0.39 is 9.85 Å². The highest BCUT2D eigenvalue weighted by molar-refractivity contribution is 5.80. The Morgan fingerprint density at radius 1 is 1.24 bits per heavy atom. The third-order valence-electron chi connectivity index (χ3n) is 3.04.